The Morgan fingerprint density at radius 2 is 1.90 bits per heavy atom. The van der Waals surface area contributed by atoms with Crippen LogP contribution in [0.15, 0.2) is 61.2 Å². The SMILES string of the molecule is C=CCn1c(N2CCC(C(=O)NCCc3ccc(F)cc3)CC2)nc2ccccc21. The molecule has 2 aromatic carbocycles. The van der Waals surface area contributed by atoms with Gasteiger partial charge in [-0.1, -0.05) is 30.3 Å². The predicted octanol–water partition coefficient (Wildman–Crippen LogP) is 3.94. The lowest BCUT2D eigenvalue weighted by molar-refractivity contribution is -0.125. The molecule has 0 aliphatic carbocycles. The normalized spacial score (nSPS) is 14.8. The Bertz CT molecular complexity index is 1020. The van der Waals surface area contributed by atoms with Gasteiger partial charge in [-0.25, -0.2) is 9.37 Å². The van der Waals surface area contributed by atoms with Crippen molar-refractivity contribution in [3.05, 3.63) is 72.6 Å². The van der Waals surface area contributed by atoms with Crippen molar-refractivity contribution in [1.29, 1.82) is 0 Å². The van der Waals surface area contributed by atoms with Gasteiger partial charge < -0.3 is 14.8 Å². The Morgan fingerprint density at radius 3 is 2.63 bits per heavy atom. The minimum atomic E-state index is -0.240. The number of fused-ring (bicyclic) bond motifs is 1. The van der Waals surface area contributed by atoms with Gasteiger partial charge in [0.1, 0.15) is 5.82 Å². The molecule has 0 spiro atoms. The van der Waals surface area contributed by atoms with Gasteiger partial charge in [-0.05, 0) is 49.1 Å². The third-order valence-corrected chi connectivity index (χ3v) is 5.72. The molecule has 156 valence electrons. The number of halogens is 1. The lowest BCUT2D eigenvalue weighted by atomic mass is 9.96. The van der Waals surface area contributed by atoms with Crippen LogP contribution in [-0.4, -0.2) is 35.1 Å². The third kappa shape index (κ3) is 4.37. The second-order valence-electron chi connectivity index (χ2n) is 7.73. The van der Waals surface area contributed by atoms with Gasteiger partial charge in [0.05, 0.1) is 11.0 Å². The Morgan fingerprint density at radius 1 is 1.17 bits per heavy atom. The van der Waals surface area contributed by atoms with Crippen LogP contribution in [0.2, 0.25) is 0 Å². The van der Waals surface area contributed by atoms with E-state index < -0.39 is 0 Å². The molecule has 1 fully saturated rings. The standard InChI is InChI=1S/C24H27FN4O/c1-2-15-29-22-6-4-3-5-21(22)27-24(29)28-16-12-19(13-17-28)23(30)26-14-11-18-7-9-20(25)10-8-18/h2-10,19H,1,11-17H2,(H,26,30). The van der Waals surface area contributed by atoms with E-state index in [0.29, 0.717) is 19.5 Å². The first-order valence-corrected chi connectivity index (χ1v) is 10.5. The van der Waals surface area contributed by atoms with E-state index in [1.807, 2.05) is 24.3 Å². The maximum Gasteiger partial charge on any atom is 0.223 e. The highest BCUT2D eigenvalue weighted by Crippen LogP contribution is 2.27. The van der Waals surface area contributed by atoms with Crippen LogP contribution in [0.4, 0.5) is 10.3 Å². The molecule has 1 aliphatic heterocycles. The van der Waals surface area contributed by atoms with Crippen molar-refractivity contribution in [2.75, 3.05) is 24.5 Å². The van der Waals surface area contributed by atoms with Gasteiger partial charge in [0, 0.05) is 32.1 Å². The average molecular weight is 407 g/mol. The topological polar surface area (TPSA) is 50.2 Å². The fourth-order valence-electron chi connectivity index (χ4n) is 4.08. The van der Waals surface area contributed by atoms with E-state index in [1.54, 1.807) is 12.1 Å². The molecule has 1 amide bonds. The largest absolute Gasteiger partial charge is 0.356 e. The van der Waals surface area contributed by atoms with Crippen molar-refractivity contribution in [2.24, 2.45) is 5.92 Å². The molecule has 1 aliphatic rings. The number of anilines is 1. The maximum atomic E-state index is 13.0. The number of hydrogen-bond donors (Lipinski definition) is 1. The van der Waals surface area contributed by atoms with Crippen molar-refractivity contribution >= 4 is 22.9 Å². The fourth-order valence-corrected chi connectivity index (χ4v) is 4.08. The molecule has 0 atom stereocenters. The van der Waals surface area contributed by atoms with Crippen LogP contribution in [0.1, 0.15) is 18.4 Å². The number of aromatic nitrogens is 2. The van der Waals surface area contributed by atoms with Gasteiger partial charge >= 0.3 is 0 Å². The van der Waals surface area contributed by atoms with Gasteiger partial charge in [-0.2, -0.15) is 0 Å². The van der Waals surface area contributed by atoms with Crippen LogP contribution in [0, 0.1) is 11.7 Å². The number of hydrogen-bond acceptors (Lipinski definition) is 3. The molecular formula is C24H27FN4O. The number of amides is 1. The minimum Gasteiger partial charge on any atom is -0.356 e. The third-order valence-electron chi connectivity index (χ3n) is 5.72. The summed E-state index contributed by atoms with van der Waals surface area (Å²) >= 11 is 0. The zero-order valence-electron chi connectivity index (χ0n) is 17.1. The first-order valence-electron chi connectivity index (χ1n) is 10.5. The highest BCUT2D eigenvalue weighted by atomic mass is 19.1. The Labute approximate surface area is 176 Å². The zero-order chi connectivity index (χ0) is 20.9. The first kappa shape index (κ1) is 20.1. The van der Waals surface area contributed by atoms with Crippen molar-refractivity contribution in [1.82, 2.24) is 14.9 Å². The van der Waals surface area contributed by atoms with Crippen molar-refractivity contribution in [2.45, 2.75) is 25.8 Å². The summed E-state index contributed by atoms with van der Waals surface area (Å²) in [4.78, 5) is 19.7. The van der Waals surface area contributed by atoms with Crippen LogP contribution in [0.3, 0.4) is 0 Å². The van der Waals surface area contributed by atoms with Gasteiger partial charge in [-0.15, -0.1) is 6.58 Å². The second kappa shape index (κ2) is 9.11. The number of piperidine rings is 1. The summed E-state index contributed by atoms with van der Waals surface area (Å²) in [5, 5.41) is 3.04. The number of benzene rings is 2. The summed E-state index contributed by atoms with van der Waals surface area (Å²) in [7, 11) is 0. The lowest BCUT2D eigenvalue weighted by Gasteiger charge is -2.32. The molecule has 0 radical (unpaired) electrons. The summed E-state index contributed by atoms with van der Waals surface area (Å²) in [5.74, 6) is 0.838. The number of para-hydroxylation sites is 2. The van der Waals surface area contributed by atoms with Gasteiger partial charge in [0.2, 0.25) is 11.9 Å². The average Bonchev–Trinajstić information content (AvgIpc) is 3.14. The summed E-state index contributed by atoms with van der Waals surface area (Å²) in [6.07, 6.45) is 4.20. The molecule has 1 N–H and O–H groups in total. The van der Waals surface area contributed by atoms with Gasteiger partial charge in [0.25, 0.3) is 0 Å². The summed E-state index contributed by atoms with van der Waals surface area (Å²) < 4.78 is 15.2. The van der Waals surface area contributed by atoms with E-state index in [0.717, 1.165) is 48.5 Å². The number of carbonyl (C=O) groups excluding carboxylic acids is 1. The highest BCUT2D eigenvalue weighted by Gasteiger charge is 2.27. The van der Waals surface area contributed by atoms with E-state index in [2.05, 4.69) is 27.4 Å². The Kier molecular flexibility index (Phi) is 6.12. The molecular weight excluding hydrogens is 379 g/mol. The molecule has 1 saturated heterocycles. The van der Waals surface area contributed by atoms with E-state index in [-0.39, 0.29) is 17.6 Å². The predicted molar refractivity (Wildman–Crippen MR) is 118 cm³/mol. The number of nitrogens with zero attached hydrogens (tertiary/aromatic N) is 3. The van der Waals surface area contributed by atoms with E-state index in [4.69, 9.17) is 4.98 Å². The van der Waals surface area contributed by atoms with Crippen molar-refractivity contribution < 1.29 is 9.18 Å². The highest BCUT2D eigenvalue weighted by molar-refractivity contribution is 5.80. The molecule has 3 aromatic rings. The Hall–Kier alpha value is -3.15. The molecule has 30 heavy (non-hydrogen) atoms. The minimum absolute atomic E-state index is 0.0201. The second-order valence-corrected chi connectivity index (χ2v) is 7.73. The van der Waals surface area contributed by atoms with Crippen molar-refractivity contribution in [3.8, 4) is 0 Å². The van der Waals surface area contributed by atoms with Crippen LogP contribution < -0.4 is 10.2 Å². The smallest absolute Gasteiger partial charge is 0.223 e. The molecule has 6 heteroatoms. The molecule has 2 heterocycles. The first-order chi connectivity index (χ1) is 14.7. The maximum absolute atomic E-state index is 13.0. The Balaban J connectivity index is 1.33. The van der Waals surface area contributed by atoms with Crippen LogP contribution in [0.5, 0.6) is 0 Å². The van der Waals surface area contributed by atoms with E-state index >= 15 is 0 Å². The molecule has 0 bridgehead atoms. The molecule has 4 rings (SSSR count). The summed E-state index contributed by atoms with van der Waals surface area (Å²) in [5.41, 5.74) is 3.11. The number of carbonyl (C=O) groups is 1. The number of rotatable bonds is 7. The molecule has 0 unspecified atom stereocenters. The van der Waals surface area contributed by atoms with Crippen molar-refractivity contribution in [3.63, 3.8) is 0 Å². The van der Waals surface area contributed by atoms with E-state index in [1.165, 1.54) is 12.1 Å². The quantitative estimate of drug-likeness (QED) is 0.605. The fraction of sp³-hybridized carbons (Fsp3) is 0.333. The molecule has 5 nitrogen and oxygen atoms in total. The van der Waals surface area contributed by atoms with Crippen LogP contribution >= 0.6 is 0 Å². The lowest BCUT2D eigenvalue weighted by Crippen LogP contribution is -2.41. The van der Waals surface area contributed by atoms with Crippen LogP contribution in [-0.2, 0) is 17.8 Å². The molecule has 0 saturated carbocycles. The molecule has 1 aromatic heterocycles. The van der Waals surface area contributed by atoms with Gasteiger partial charge in [-0.3, -0.25) is 4.79 Å². The summed E-state index contributed by atoms with van der Waals surface area (Å²) in [6, 6.07) is 14.6. The van der Waals surface area contributed by atoms with Crippen LogP contribution in [0.25, 0.3) is 11.0 Å². The van der Waals surface area contributed by atoms with Gasteiger partial charge in [0.15, 0.2) is 0 Å². The zero-order valence-corrected chi connectivity index (χ0v) is 17.1. The summed E-state index contributed by atoms with van der Waals surface area (Å²) in [6.45, 7) is 6.76. The monoisotopic (exact) mass is 406 g/mol. The number of nitrogens with one attached hydrogen (secondary N) is 1. The van der Waals surface area contributed by atoms with E-state index in [9.17, 15) is 9.18 Å². The number of imidazole rings is 1. The number of allylic oxidation sites excluding steroid dienone is 1.